The number of aryl methyl sites for hydroxylation is 1. The van der Waals surface area contributed by atoms with Crippen LogP contribution in [0.15, 0.2) is 54.9 Å². The first-order chi connectivity index (χ1) is 11.3. The van der Waals surface area contributed by atoms with Gasteiger partial charge in [0.15, 0.2) is 0 Å². The Bertz CT molecular complexity index is 616. The molecule has 0 unspecified atom stereocenters. The maximum atomic E-state index is 12.2. The van der Waals surface area contributed by atoms with Gasteiger partial charge in [0.05, 0.1) is 19.3 Å². The average Bonchev–Trinajstić information content (AvgIpc) is 3.02. The van der Waals surface area contributed by atoms with Crippen molar-refractivity contribution in [1.82, 2.24) is 10.3 Å². The van der Waals surface area contributed by atoms with Crippen LogP contribution in [0.4, 0.5) is 0 Å². The van der Waals surface area contributed by atoms with Crippen molar-refractivity contribution in [2.45, 2.75) is 25.3 Å². The number of hydrogen-bond donors (Lipinski definition) is 1. The number of carbonyl (C=O) groups is 1. The van der Waals surface area contributed by atoms with E-state index >= 15 is 0 Å². The Hall–Kier alpha value is -2.20. The van der Waals surface area contributed by atoms with Crippen molar-refractivity contribution in [2.75, 3.05) is 13.2 Å². The molecule has 1 aromatic carbocycles. The van der Waals surface area contributed by atoms with Crippen LogP contribution in [0.25, 0.3) is 0 Å². The fourth-order valence-corrected chi connectivity index (χ4v) is 2.96. The zero-order valence-electron chi connectivity index (χ0n) is 13.2. The molecule has 0 bridgehead atoms. The second-order valence-corrected chi connectivity index (χ2v) is 6.02. The summed E-state index contributed by atoms with van der Waals surface area (Å²) in [6.07, 6.45) is 5.81. The molecule has 0 aliphatic carbocycles. The zero-order chi connectivity index (χ0) is 15.9. The van der Waals surface area contributed by atoms with E-state index in [4.69, 9.17) is 4.74 Å². The number of aromatic nitrogens is 1. The van der Waals surface area contributed by atoms with Gasteiger partial charge in [-0.05, 0) is 36.1 Å². The molecule has 1 N–H and O–H groups in total. The number of carbonyl (C=O) groups excluding carboxylic acids is 1. The first-order valence-corrected chi connectivity index (χ1v) is 8.11. The Labute approximate surface area is 136 Å². The highest BCUT2D eigenvalue weighted by atomic mass is 16.5. The fraction of sp³-hybridized carbons (Fsp3) is 0.368. The Balaban J connectivity index is 1.49. The van der Waals surface area contributed by atoms with Crippen LogP contribution in [0.3, 0.4) is 0 Å². The van der Waals surface area contributed by atoms with Crippen LogP contribution in [0.2, 0.25) is 0 Å². The molecule has 4 heteroatoms. The topological polar surface area (TPSA) is 51.2 Å². The Morgan fingerprint density at radius 1 is 1.09 bits per heavy atom. The van der Waals surface area contributed by atoms with E-state index in [9.17, 15) is 4.79 Å². The van der Waals surface area contributed by atoms with Crippen LogP contribution >= 0.6 is 0 Å². The number of ether oxygens (including phenoxy) is 1. The quantitative estimate of drug-likeness (QED) is 0.891. The standard InChI is InChI=1S/C19H22N2O2/c22-19(7-6-15-4-2-1-3-5-15)21-18-14-23-13-17(18)12-16-8-10-20-11-9-16/h1-5,8-11,17-18H,6-7,12-14H2,(H,21,22)/t17-,18-/m1/s1. The molecule has 1 saturated heterocycles. The van der Waals surface area contributed by atoms with Crippen LogP contribution in [0, 0.1) is 5.92 Å². The Morgan fingerprint density at radius 3 is 2.65 bits per heavy atom. The van der Waals surface area contributed by atoms with E-state index < -0.39 is 0 Å². The third-order valence-electron chi connectivity index (χ3n) is 4.28. The molecule has 1 aliphatic rings. The molecule has 1 aliphatic heterocycles. The first kappa shape index (κ1) is 15.7. The summed E-state index contributed by atoms with van der Waals surface area (Å²) in [7, 11) is 0. The second kappa shape index (κ2) is 7.88. The van der Waals surface area contributed by atoms with E-state index in [1.807, 2.05) is 30.3 Å². The fourth-order valence-electron chi connectivity index (χ4n) is 2.96. The van der Waals surface area contributed by atoms with E-state index in [0.717, 1.165) is 12.8 Å². The minimum atomic E-state index is 0.101. The van der Waals surface area contributed by atoms with Gasteiger partial charge in [-0.15, -0.1) is 0 Å². The van der Waals surface area contributed by atoms with Crippen LogP contribution in [0.5, 0.6) is 0 Å². The lowest BCUT2D eigenvalue weighted by Gasteiger charge is -2.19. The molecule has 23 heavy (non-hydrogen) atoms. The summed E-state index contributed by atoms with van der Waals surface area (Å²) in [6.45, 7) is 1.30. The van der Waals surface area contributed by atoms with Crippen molar-refractivity contribution in [3.8, 4) is 0 Å². The largest absolute Gasteiger partial charge is 0.379 e. The summed E-state index contributed by atoms with van der Waals surface area (Å²) in [4.78, 5) is 16.2. The highest BCUT2D eigenvalue weighted by Gasteiger charge is 2.29. The lowest BCUT2D eigenvalue weighted by molar-refractivity contribution is -0.122. The van der Waals surface area contributed by atoms with Crippen molar-refractivity contribution >= 4 is 5.91 Å². The molecule has 1 aromatic heterocycles. The summed E-state index contributed by atoms with van der Waals surface area (Å²) in [5.41, 5.74) is 2.43. The van der Waals surface area contributed by atoms with Crippen molar-refractivity contribution in [2.24, 2.45) is 5.92 Å². The van der Waals surface area contributed by atoms with Gasteiger partial charge in [-0.1, -0.05) is 30.3 Å². The number of hydrogen-bond acceptors (Lipinski definition) is 3. The molecule has 120 valence electrons. The van der Waals surface area contributed by atoms with Crippen LogP contribution in [-0.2, 0) is 22.4 Å². The van der Waals surface area contributed by atoms with Crippen LogP contribution < -0.4 is 5.32 Å². The number of nitrogens with one attached hydrogen (secondary N) is 1. The second-order valence-electron chi connectivity index (χ2n) is 6.02. The highest BCUT2D eigenvalue weighted by Crippen LogP contribution is 2.19. The van der Waals surface area contributed by atoms with Gasteiger partial charge >= 0.3 is 0 Å². The lowest BCUT2D eigenvalue weighted by Crippen LogP contribution is -2.40. The molecule has 0 radical (unpaired) electrons. The lowest BCUT2D eigenvalue weighted by atomic mass is 9.95. The molecular weight excluding hydrogens is 288 g/mol. The van der Waals surface area contributed by atoms with Gasteiger partial charge in [0, 0.05) is 24.7 Å². The number of benzene rings is 1. The molecule has 1 fully saturated rings. The summed E-state index contributed by atoms with van der Waals surface area (Å²) in [5, 5.41) is 3.14. The molecule has 1 amide bonds. The minimum absolute atomic E-state index is 0.101. The number of pyridine rings is 1. The van der Waals surface area contributed by atoms with Crippen molar-refractivity contribution in [1.29, 1.82) is 0 Å². The van der Waals surface area contributed by atoms with E-state index in [-0.39, 0.29) is 11.9 Å². The van der Waals surface area contributed by atoms with Crippen molar-refractivity contribution < 1.29 is 9.53 Å². The summed E-state index contributed by atoms with van der Waals surface area (Å²) >= 11 is 0. The third kappa shape index (κ3) is 4.63. The maximum Gasteiger partial charge on any atom is 0.220 e. The number of amides is 1. The van der Waals surface area contributed by atoms with E-state index in [1.54, 1.807) is 12.4 Å². The number of nitrogens with zero attached hydrogens (tertiary/aromatic N) is 1. The Morgan fingerprint density at radius 2 is 1.87 bits per heavy atom. The van der Waals surface area contributed by atoms with E-state index in [0.29, 0.717) is 25.6 Å². The van der Waals surface area contributed by atoms with Crippen LogP contribution in [0.1, 0.15) is 17.5 Å². The molecule has 2 heterocycles. The molecule has 0 spiro atoms. The van der Waals surface area contributed by atoms with E-state index in [2.05, 4.69) is 22.4 Å². The highest BCUT2D eigenvalue weighted by molar-refractivity contribution is 5.76. The minimum Gasteiger partial charge on any atom is -0.379 e. The summed E-state index contributed by atoms with van der Waals surface area (Å²) < 4.78 is 5.58. The van der Waals surface area contributed by atoms with Gasteiger partial charge in [0.1, 0.15) is 0 Å². The summed E-state index contributed by atoms with van der Waals surface area (Å²) in [6, 6.07) is 14.2. The van der Waals surface area contributed by atoms with Gasteiger partial charge in [-0.3, -0.25) is 9.78 Å². The van der Waals surface area contributed by atoms with Gasteiger partial charge < -0.3 is 10.1 Å². The molecule has 2 atom stereocenters. The molecule has 0 saturated carbocycles. The molecular formula is C19H22N2O2. The molecule has 2 aromatic rings. The molecule has 3 rings (SSSR count). The third-order valence-corrected chi connectivity index (χ3v) is 4.28. The van der Waals surface area contributed by atoms with Gasteiger partial charge in [-0.25, -0.2) is 0 Å². The van der Waals surface area contributed by atoms with Gasteiger partial charge in [-0.2, -0.15) is 0 Å². The van der Waals surface area contributed by atoms with Crippen LogP contribution in [-0.4, -0.2) is 30.1 Å². The zero-order valence-corrected chi connectivity index (χ0v) is 13.2. The SMILES string of the molecule is O=C(CCc1ccccc1)N[C@@H]1COC[C@H]1Cc1ccncc1. The van der Waals surface area contributed by atoms with Crippen molar-refractivity contribution in [3.63, 3.8) is 0 Å². The Kier molecular flexibility index (Phi) is 5.37. The summed E-state index contributed by atoms with van der Waals surface area (Å²) in [5.74, 6) is 0.433. The maximum absolute atomic E-state index is 12.2. The monoisotopic (exact) mass is 310 g/mol. The smallest absolute Gasteiger partial charge is 0.220 e. The normalized spacial score (nSPS) is 20.3. The van der Waals surface area contributed by atoms with E-state index in [1.165, 1.54) is 11.1 Å². The van der Waals surface area contributed by atoms with Crippen molar-refractivity contribution in [3.05, 3.63) is 66.0 Å². The van der Waals surface area contributed by atoms with Gasteiger partial charge in [0.25, 0.3) is 0 Å². The predicted octanol–water partition coefficient (Wildman–Crippen LogP) is 2.39. The van der Waals surface area contributed by atoms with Gasteiger partial charge in [0.2, 0.25) is 5.91 Å². The molecule has 4 nitrogen and oxygen atoms in total. The average molecular weight is 310 g/mol. The first-order valence-electron chi connectivity index (χ1n) is 8.11. The predicted molar refractivity (Wildman–Crippen MR) is 88.9 cm³/mol. The number of rotatable bonds is 6.